The maximum atomic E-state index is 12.9. The Kier molecular flexibility index (Phi) is 5.41. The van der Waals surface area contributed by atoms with Gasteiger partial charge in [-0.15, -0.1) is 0 Å². The van der Waals surface area contributed by atoms with Crippen LogP contribution in [0.2, 0.25) is 5.02 Å². The van der Waals surface area contributed by atoms with Crippen molar-refractivity contribution in [3.05, 3.63) is 99.4 Å². The number of amides is 1. The molecule has 6 heteroatoms. The summed E-state index contributed by atoms with van der Waals surface area (Å²) in [6, 6.07) is 20.2. The lowest BCUT2D eigenvalue weighted by Crippen LogP contribution is -2.38. The fourth-order valence-electron chi connectivity index (χ4n) is 3.97. The molecular formula is C26H20ClNO4. The van der Waals surface area contributed by atoms with Gasteiger partial charge in [-0.3, -0.25) is 9.59 Å². The zero-order valence-electron chi connectivity index (χ0n) is 17.2. The highest BCUT2D eigenvalue weighted by atomic mass is 35.5. The van der Waals surface area contributed by atoms with Crippen LogP contribution in [-0.2, 0) is 17.8 Å². The number of halogens is 1. The summed E-state index contributed by atoms with van der Waals surface area (Å²) in [5.41, 5.74) is 3.94. The Morgan fingerprint density at radius 1 is 1.03 bits per heavy atom. The largest absolute Gasteiger partial charge is 0.484 e. The number of carbonyl (C=O) groups excluding carboxylic acids is 1. The molecule has 0 atom stereocenters. The fraction of sp³-hybridized carbons (Fsp3) is 0.154. The van der Waals surface area contributed by atoms with Crippen LogP contribution in [0.25, 0.3) is 22.1 Å². The molecule has 0 bridgehead atoms. The number of ether oxygens (including phenoxy) is 1. The average molecular weight is 446 g/mol. The molecule has 0 aliphatic carbocycles. The van der Waals surface area contributed by atoms with E-state index < -0.39 is 0 Å². The van der Waals surface area contributed by atoms with Crippen molar-refractivity contribution in [1.82, 2.24) is 4.90 Å². The van der Waals surface area contributed by atoms with Crippen molar-refractivity contribution < 1.29 is 13.9 Å². The Balaban J connectivity index is 1.30. The number of hydrogen-bond donors (Lipinski definition) is 0. The van der Waals surface area contributed by atoms with Crippen LogP contribution in [0.5, 0.6) is 5.75 Å². The molecule has 1 aliphatic rings. The summed E-state index contributed by atoms with van der Waals surface area (Å²) in [5, 5.41) is 1.05. The van der Waals surface area contributed by atoms with Gasteiger partial charge in [0.05, 0.1) is 10.9 Å². The predicted molar refractivity (Wildman–Crippen MR) is 124 cm³/mol. The van der Waals surface area contributed by atoms with E-state index in [1.807, 2.05) is 17.0 Å². The number of rotatable bonds is 4. The van der Waals surface area contributed by atoms with E-state index in [-0.39, 0.29) is 17.9 Å². The molecule has 0 saturated carbocycles. The van der Waals surface area contributed by atoms with E-state index in [9.17, 15) is 9.59 Å². The Bertz CT molecular complexity index is 1360. The lowest BCUT2D eigenvalue weighted by atomic mass is 10.00. The first-order valence-corrected chi connectivity index (χ1v) is 10.7. The molecule has 0 spiro atoms. The van der Waals surface area contributed by atoms with Crippen molar-refractivity contribution in [2.24, 2.45) is 0 Å². The zero-order chi connectivity index (χ0) is 22.1. The molecule has 0 N–H and O–H groups in total. The number of benzene rings is 3. The molecule has 32 heavy (non-hydrogen) atoms. The Morgan fingerprint density at radius 3 is 2.62 bits per heavy atom. The zero-order valence-corrected chi connectivity index (χ0v) is 18.0. The second kappa shape index (κ2) is 8.52. The number of nitrogens with zero attached hydrogens (tertiary/aromatic N) is 1. The van der Waals surface area contributed by atoms with Crippen LogP contribution < -0.4 is 10.2 Å². The maximum absolute atomic E-state index is 12.9. The van der Waals surface area contributed by atoms with E-state index in [4.69, 9.17) is 20.8 Å². The van der Waals surface area contributed by atoms with Gasteiger partial charge < -0.3 is 14.1 Å². The minimum atomic E-state index is -0.136. The van der Waals surface area contributed by atoms with Crippen molar-refractivity contribution >= 4 is 28.5 Å². The number of carbonyl (C=O) groups is 1. The highest BCUT2D eigenvalue weighted by Crippen LogP contribution is 2.24. The molecule has 160 valence electrons. The molecular weight excluding hydrogens is 426 g/mol. The summed E-state index contributed by atoms with van der Waals surface area (Å²) in [5.74, 6) is 0.407. The monoisotopic (exact) mass is 445 g/mol. The SMILES string of the molecule is O=C(COc1ccc2c(=O)c(-c3ccc(Cl)cc3)coc2c1)N1CCc2ccccc2C1. The van der Waals surface area contributed by atoms with Crippen LogP contribution in [0.15, 0.2) is 82.2 Å². The lowest BCUT2D eigenvalue weighted by Gasteiger charge is -2.28. The van der Waals surface area contributed by atoms with Gasteiger partial charge in [0, 0.05) is 24.2 Å². The third-order valence-electron chi connectivity index (χ3n) is 5.75. The summed E-state index contributed by atoms with van der Waals surface area (Å²) in [7, 11) is 0. The van der Waals surface area contributed by atoms with Crippen LogP contribution in [0.1, 0.15) is 11.1 Å². The minimum absolute atomic E-state index is 0.0687. The third kappa shape index (κ3) is 3.99. The van der Waals surface area contributed by atoms with Crippen LogP contribution in [0, 0.1) is 0 Å². The Labute approximate surface area is 189 Å². The molecule has 0 saturated heterocycles. The fourth-order valence-corrected chi connectivity index (χ4v) is 4.10. The van der Waals surface area contributed by atoms with Crippen molar-refractivity contribution in [2.45, 2.75) is 13.0 Å². The topological polar surface area (TPSA) is 59.8 Å². The van der Waals surface area contributed by atoms with Gasteiger partial charge in [-0.2, -0.15) is 0 Å². The van der Waals surface area contributed by atoms with E-state index in [1.165, 1.54) is 17.4 Å². The van der Waals surface area contributed by atoms with Gasteiger partial charge in [-0.1, -0.05) is 48.0 Å². The van der Waals surface area contributed by atoms with E-state index in [2.05, 4.69) is 12.1 Å². The summed E-state index contributed by atoms with van der Waals surface area (Å²) in [6.45, 7) is 1.21. The number of hydrogen-bond acceptors (Lipinski definition) is 4. The van der Waals surface area contributed by atoms with E-state index in [0.717, 1.165) is 12.0 Å². The molecule has 2 heterocycles. The maximum Gasteiger partial charge on any atom is 0.260 e. The minimum Gasteiger partial charge on any atom is -0.484 e. The predicted octanol–water partition coefficient (Wildman–Crippen LogP) is 5.08. The number of fused-ring (bicyclic) bond motifs is 2. The molecule has 1 amide bonds. The van der Waals surface area contributed by atoms with E-state index in [0.29, 0.717) is 40.4 Å². The van der Waals surface area contributed by atoms with Crippen molar-refractivity contribution in [3.8, 4) is 16.9 Å². The molecule has 1 aromatic heterocycles. The smallest absolute Gasteiger partial charge is 0.260 e. The van der Waals surface area contributed by atoms with Gasteiger partial charge in [0.15, 0.2) is 12.0 Å². The molecule has 0 unspecified atom stereocenters. The van der Waals surface area contributed by atoms with E-state index in [1.54, 1.807) is 42.5 Å². The third-order valence-corrected chi connectivity index (χ3v) is 6.00. The standard InChI is InChI=1S/C26H20ClNO4/c27-20-7-5-18(6-8-20)23-15-32-24-13-21(9-10-22(24)26(23)30)31-16-25(29)28-12-11-17-3-1-2-4-19(17)14-28/h1-10,13,15H,11-12,14,16H2. The molecule has 0 radical (unpaired) electrons. The molecule has 5 rings (SSSR count). The summed E-state index contributed by atoms with van der Waals surface area (Å²) in [6.07, 6.45) is 2.28. The highest BCUT2D eigenvalue weighted by molar-refractivity contribution is 6.30. The molecule has 4 aromatic rings. The second-order valence-electron chi connectivity index (χ2n) is 7.77. The van der Waals surface area contributed by atoms with Crippen molar-refractivity contribution in [1.29, 1.82) is 0 Å². The highest BCUT2D eigenvalue weighted by Gasteiger charge is 2.20. The normalized spacial score (nSPS) is 13.1. The van der Waals surface area contributed by atoms with Gasteiger partial charge >= 0.3 is 0 Å². The lowest BCUT2D eigenvalue weighted by molar-refractivity contribution is -0.134. The summed E-state index contributed by atoms with van der Waals surface area (Å²) in [4.78, 5) is 27.4. The molecule has 0 fully saturated rings. The van der Waals surface area contributed by atoms with Crippen LogP contribution >= 0.6 is 11.6 Å². The summed E-state index contributed by atoms with van der Waals surface area (Å²) >= 11 is 5.93. The first-order chi connectivity index (χ1) is 15.6. The first-order valence-electron chi connectivity index (χ1n) is 10.4. The Hall–Kier alpha value is -3.57. The quantitative estimate of drug-likeness (QED) is 0.439. The van der Waals surface area contributed by atoms with Crippen molar-refractivity contribution in [3.63, 3.8) is 0 Å². The molecule has 5 nitrogen and oxygen atoms in total. The van der Waals surface area contributed by atoms with Gasteiger partial charge in [0.2, 0.25) is 0 Å². The van der Waals surface area contributed by atoms with Gasteiger partial charge in [0.1, 0.15) is 17.6 Å². The molecule has 1 aliphatic heterocycles. The summed E-state index contributed by atoms with van der Waals surface area (Å²) < 4.78 is 11.4. The first kappa shape index (κ1) is 20.3. The second-order valence-corrected chi connectivity index (χ2v) is 8.20. The van der Waals surface area contributed by atoms with Crippen LogP contribution in [-0.4, -0.2) is 24.0 Å². The van der Waals surface area contributed by atoms with Crippen molar-refractivity contribution in [2.75, 3.05) is 13.2 Å². The van der Waals surface area contributed by atoms with Gasteiger partial charge in [0.25, 0.3) is 5.91 Å². The van der Waals surface area contributed by atoms with Gasteiger partial charge in [-0.25, -0.2) is 0 Å². The average Bonchev–Trinajstić information content (AvgIpc) is 2.83. The van der Waals surface area contributed by atoms with Gasteiger partial charge in [-0.05, 0) is 47.4 Å². The van der Waals surface area contributed by atoms with Crippen LogP contribution in [0.3, 0.4) is 0 Å². The molecule has 3 aromatic carbocycles. The van der Waals surface area contributed by atoms with Crippen LogP contribution in [0.4, 0.5) is 0 Å². The van der Waals surface area contributed by atoms with E-state index >= 15 is 0 Å². The Morgan fingerprint density at radius 2 is 1.81 bits per heavy atom.